The summed E-state index contributed by atoms with van der Waals surface area (Å²) in [5, 5.41) is 11.0. The van der Waals surface area contributed by atoms with Crippen LogP contribution in [0.1, 0.15) is 6.92 Å². The number of carbonyl (C=O) groups excluding carboxylic acids is 1. The Hall–Kier alpha value is -3.22. The molecular formula is C17H17N5O2. The summed E-state index contributed by atoms with van der Waals surface area (Å²) in [6, 6.07) is 16.7. The largest absolute Gasteiger partial charge is 0.481 e. The summed E-state index contributed by atoms with van der Waals surface area (Å²) in [6.07, 6.45) is 0.908. The van der Waals surface area contributed by atoms with Gasteiger partial charge in [0.2, 0.25) is 0 Å². The number of hydrogen-bond acceptors (Lipinski definition) is 5. The normalized spacial score (nSPS) is 11.8. The molecule has 1 amide bonds. The Morgan fingerprint density at radius 1 is 1.12 bits per heavy atom. The third-order valence-corrected chi connectivity index (χ3v) is 3.58. The Morgan fingerprint density at radius 2 is 1.83 bits per heavy atom. The molecule has 0 N–H and O–H groups in total. The molecule has 0 fully saturated rings. The molecule has 0 aliphatic heterocycles. The van der Waals surface area contributed by atoms with Gasteiger partial charge in [0, 0.05) is 12.7 Å². The topological polar surface area (TPSA) is 73.1 Å². The van der Waals surface area contributed by atoms with Crippen LogP contribution >= 0.6 is 0 Å². The maximum Gasteiger partial charge on any atom is 0.267 e. The molecule has 0 bridgehead atoms. The van der Waals surface area contributed by atoms with Gasteiger partial charge >= 0.3 is 0 Å². The highest BCUT2D eigenvalue weighted by molar-refractivity contribution is 5.95. The van der Waals surface area contributed by atoms with Crippen LogP contribution in [0, 0.1) is 0 Å². The van der Waals surface area contributed by atoms with Crippen molar-refractivity contribution in [2.45, 2.75) is 13.0 Å². The van der Waals surface area contributed by atoms with Crippen molar-refractivity contribution in [1.29, 1.82) is 0 Å². The van der Waals surface area contributed by atoms with Gasteiger partial charge in [-0.3, -0.25) is 4.79 Å². The van der Waals surface area contributed by atoms with Gasteiger partial charge in [0.05, 0.1) is 5.69 Å². The number of benzene rings is 2. The van der Waals surface area contributed by atoms with Crippen molar-refractivity contribution in [1.82, 2.24) is 20.2 Å². The van der Waals surface area contributed by atoms with Gasteiger partial charge in [-0.05, 0) is 53.7 Å². The van der Waals surface area contributed by atoms with Crippen LogP contribution in [0.2, 0.25) is 0 Å². The molecule has 3 aromatic rings. The lowest BCUT2D eigenvalue weighted by atomic mass is 10.2. The van der Waals surface area contributed by atoms with E-state index in [0.717, 1.165) is 11.4 Å². The zero-order valence-electron chi connectivity index (χ0n) is 13.4. The highest BCUT2D eigenvalue weighted by Gasteiger charge is 2.20. The number of nitrogens with zero attached hydrogens (tertiary/aromatic N) is 5. The van der Waals surface area contributed by atoms with Crippen LogP contribution in [0.5, 0.6) is 5.75 Å². The number of tetrazole rings is 1. The number of likely N-dealkylation sites (N-methyl/N-ethyl adjacent to an activating group) is 1. The molecule has 1 heterocycles. The molecule has 24 heavy (non-hydrogen) atoms. The van der Waals surface area contributed by atoms with Crippen molar-refractivity contribution >= 4 is 11.6 Å². The van der Waals surface area contributed by atoms with E-state index in [1.54, 1.807) is 35.7 Å². The molecule has 122 valence electrons. The SMILES string of the molecule is CC(Oc1ccc(-n2cnnn2)cc1)C(=O)N(C)c1ccccc1. The van der Waals surface area contributed by atoms with E-state index in [2.05, 4.69) is 15.5 Å². The van der Waals surface area contributed by atoms with E-state index in [9.17, 15) is 4.79 Å². The number of amides is 1. The molecule has 1 unspecified atom stereocenters. The van der Waals surface area contributed by atoms with Gasteiger partial charge in [-0.25, -0.2) is 4.68 Å². The van der Waals surface area contributed by atoms with Crippen molar-refractivity contribution < 1.29 is 9.53 Å². The molecule has 0 aliphatic carbocycles. The molecule has 3 rings (SSSR count). The Labute approximate surface area is 139 Å². The molecular weight excluding hydrogens is 306 g/mol. The number of para-hydroxylation sites is 1. The van der Waals surface area contributed by atoms with Crippen molar-refractivity contribution in [3.05, 3.63) is 60.9 Å². The van der Waals surface area contributed by atoms with E-state index in [0.29, 0.717) is 5.75 Å². The lowest BCUT2D eigenvalue weighted by molar-refractivity contribution is -0.124. The van der Waals surface area contributed by atoms with E-state index in [1.807, 2.05) is 42.5 Å². The van der Waals surface area contributed by atoms with E-state index in [1.165, 1.54) is 6.33 Å². The van der Waals surface area contributed by atoms with Gasteiger partial charge < -0.3 is 9.64 Å². The number of hydrogen-bond donors (Lipinski definition) is 0. The van der Waals surface area contributed by atoms with Crippen LogP contribution in [0.15, 0.2) is 60.9 Å². The second kappa shape index (κ2) is 6.91. The predicted octanol–water partition coefficient (Wildman–Crippen LogP) is 2.09. The first-order chi connectivity index (χ1) is 11.6. The summed E-state index contributed by atoms with van der Waals surface area (Å²) in [5.41, 5.74) is 1.64. The molecule has 7 nitrogen and oxygen atoms in total. The number of aromatic nitrogens is 4. The molecule has 1 atom stereocenters. The number of carbonyl (C=O) groups is 1. The monoisotopic (exact) mass is 323 g/mol. The zero-order valence-corrected chi connectivity index (χ0v) is 13.4. The first-order valence-electron chi connectivity index (χ1n) is 7.48. The summed E-state index contributed by atoms with van der Waals surface area (Å²) in [5.74, 6) is 0.486. The first-order valence-corrected chi connectivity index (χ1v) is 7.48. The average molecular weight is 323 g/mol. The van der Waals surface area contributed by atoms with Gasteiger partial charge in [-0.15, -0.1) is 5.10 Å². The van der Waals surface area contributed by atoms with Crippen molar-refractivity contribution in [3.8, 4) is 11.4 Å². The third kappa shape index (κ3) is 3.40. The fourth-order valence-electron chi connectivity index (χ4n) is 2.26. The molecule has 0 aliphatic rings. The fourth-order valence-corrected chi connectivity index (χ4v) is 2.26. The summed E-state index contributed by atoms with van der Waals surface area (Å²) >= 11 is 0. The third-order valence-electron chi connectivity index (χ3n) is 3.58. The van der Waals surface area contributed by atoms with Crippen LogP contribution in [-0.4, -0.2) is 39.3 Å². The molecule has 2 aromatic carbocycles. The first kappa shape index (κ1) is 15.7. The van der Waals surface area contributed by atoms with E-state index in [4.69, 9.17) is 4.74 Å². The van der Waals surface area contributed by atoms with Crippen LogP contribution < -0.4 is 9.64 Å². The summed E-state index contributed by atoms with van der Waals surface area (Å²) in [4.78, 5) is 14.1. The van der Waals surface area contributed by atoms with E-state index >= 15 is 0 Å². The molecule has 0 saturated heterocycles. The standard InChI is InChI=1S/C17H17N5O2/c1-13(17(23)21(2)14-6-4-3-5-7-14)24-16-10-8-15(9-11-16)22-12-18-19-20-22/h3-13H,1-2H3. The lowest BCUT2D eigenvalue weighted by Crippen LogP contribution is -2.37. The van der Waals surface area contributed by atoms with Crippen molar-refractivity contribution in [3.63, 3.8) is 0 Å². The molecule has 0 spiro atoms. The lowest BCUT2D eigenvalue weighted by Gasteiger charge is -2.22. The Balaban J connectivity index is 1.66. The van der Waals surface area contributed by atoms with Crippen molar-refractivity contribution in [2.75, 3.05) is 11.9 Å². The minimum atomic E-state index is -0.603. The fraction of sp³-hybridized carbons (Fsp3) is 0.176. The quantitative estimate of drug-likeness (QED) is 0.719. The molecule has 0 saturated carbocycles. The Kier molecular flexibility index (Phi) is 4.51. The van der Waals surface area contributed by atoms with Gasteiger partial charge in [0.1, 0.15) is 12.1 Å². The van der Waals surface area contributed by atoms with Gasteiger partial charge in [0.25, 0.3) is 5.91 Å². The minimum Gasteiger partial charge on any atom is -0.481 e. The maximum atomic E-state index is 12.5. The van der Waals surface area contributed by atoms with Crippen LogP contribution in [0.4, 0.5) is 5.69 Å². The Bertz CT molecular complexity index is 788. The average Bonchev–Trinajstić information content (AvgIpc) is 3.16. The van der Waals surface area contributed by atoms with Crippen LogP contribution in [0.3, 0.4) is 0 Å². The van der Waals surface area contributed by atoms with Crippen LogP contribution in [-0.2, 0) is 4.79 Å². The summed E-state index contributed by atoms with van der Waals surface area (Å²) < 4.78 is 7.28. The minimum absolute atomic E-state index is 0.120. The van der Waals surface area contributed by atoms with Crippen LogP contribution in [0.25, 0.3) is 5.69 Å². The van der Waals surface area contributed by atoms with Gasteiger partial charge in [-0.1, -0.05) is 18.2 Å². The number of anilines is 1. The molecule has 0 radical (unpaired) electrons. The maximum absolute atomic E-state index is 12.5. The molecule has 7 heteroatoms. The predicted molar refractivity (Wildman–Crippen MR) is 89.1 cm³/mol. The van der Waals surface area contributed by atoms with Crippen molar-refractivity contribution in [2.24, 2.45) is 0 Å². The highest BCUT2D eigenvalue weighted by Crippen LogP contribution is 2.18. The second-order valence-corrected chi connectivity index (χ2v) is 5.24. The Morgan fingerprint density at radius 3 is 2.46 bits per heavy atom. The highest BCUT2D eigenvalue weighted by atomic mass is 16.5. The van der Waals surface area contributed by atoms with Gasteiger partial charge in [-0.2, -0.15) is 0 Å². The second-order valence-electron chi connectivity index (χ2n) is 5.24. The number of rotatable bonds is 5. The molecule has 1 aromatic heterocycles. The smallest absolute Gasteiger partial charge is 0.267 e. The number of ether oxygens (including phenoxy) is 1. The zero-order chi connectivity index (χ0) is 16.9. The van der Waals surface area contributed by atoms with Gasteiger partial charge in [0.15, 0.2) is 6.10 Å². The summed E-state index contributed by atoms with van der Waals surface area (Å²) in [6.45, 7) is 1.73. The summed E-state index contributed by atoms with van der Waals surface area (Å²) in [7, 11) is 1.73. The van der Waals surface area contributed by atoms with E-state index < -0.39 is 6.10 Å². The van der Waals surface area contributed by atoms with E-state index in [-0.39, 0.29) is 5.91 Å².